The average Bonchev–Trinajstić information content (AvgIpc) is 2.04. The lowest BCUT2D eigenvalue weighted by Crippen LogP contribution is -2.21. The van der Waals surface area contributed by atoms with Gasteiger partial charge in [0.25, 0.3) is 0 Å². The smallest absolute Gasteiger partial charge is 0.0179 e. The first kappa shape index (κ1) is 9.83. The third kappa shape index (κ3) is 2.12. The second-order valence-corrected chi connectivity index (χ2v) is 4.54. The van der Waals surface area contributed by atoms with Crippen LogP contribution in [0.25, 0.3) is 0 Å². The van der Waals surface area contributed by atoms with Crippen LogP contribution in [-0.4, -0.2) is 0 Å². The summed E-state index contributed by atoms with van der Waals surface area (Å²) >= 11 is 0. The van der Waals surface area contributed by atoms with E-state index in [4.69, 9.17) is 0 Å². The number of hydrogen-bond acceptors (Lipinski definition) is 0. The third-order valence-electron chi connectivity index (χ3n) is 3.22. The second kappa shape index (κ2) is 4.11. The molecule has 0 aromatic heterocycles. The second-order valence-electron chi connectivity index (χ2n) is 4.54. The molecule has 0 N–H and O–H groups in total. The summed E-state index contributed by atoms with van der Waals surface area (Å²) in [7, 11) is 0. The summed E-state index contributed by atoms with van der Waals surface area (Å²) in [5.41, 5.74) is 1.61. The molecule has 0 aliphatic heterocycles. The zero-order valence-electron chi connectivity index (χ0n) is 8.93. The minimum Gasteiger partial charge on any atom is -0.0820 e. The Morgan fingerprint density at radius 3 is 2.67 bits per heavy atom. The molecule has 2 unspecified atom stereocenters. The molecule has 0 saturated heterocycles. The molecule has 0 fully saturated rings. The van der Waals surface area contributed by atoms with E-state index in [2.05, 4.69) is 33.8 Å². The molecule has 12 heavy (non-hydrogen) atoms. The molecule has 1 aliphatic carbocycles. The van der Waals surface area contributed by atoms with Gasteiger partial charge in [0, 0.05) is 0 Å². The van der Waals surface area contributed by atoms with Gasteiger partial charge in [-0.15, -0.1) is 0 Å². The molecule has 0 heterocycles. The van der Waals surface area contributed by atoms with Crippen molar-refractivity contribution in [2.75, 3.05) is 0 Å². The Morgan fingerprint density at radius 2 is 2.17 bits per heavy atom. The van der Waals surface area contributed by atoms with E-state index in [1.807, 2.05) is 0 Å². The van der Waals surface area contributed by atoms with Gasteiger partial charge in [0.15, 0.2) is 0 Å². The van der Waals surface area contributed by atoms with E-state index < -0.39 is 0 Å². The highest BCUT2D eigenvalue weighted by Gasteiger charge is 2.24. The molecule has 0 amide bonds. The van der Waals surface area contributed by atoms with Crippen LogP contribution in [0, 0.1) is 17.8 Å². The minimum atomic E-state index is 0.824. The fraction of sp³-hybridized carbons (Fsp3) is 0.833. The van der Waals surface area contributed by atoms with Crippen LogP contribution >= 0.6 is 0 Å². The molecule has 70 valence electrons. The van der Waals surface area contributed by atoms with Crippen molar-refractivity contribution in [3.63, 3.8) is 0 Å². The summed E-state index contributed by atoms with van der Waals surface area (Å²) in [5.74, 6) is 2.63. The zero-order chi connectivity index (χ0) is 9.14. The summed E-state index contributed by atoms with van der Waals surface area (Å²) in [5, 5.41) is 0. The van der Waals surface area contributed by atoms with Crippen molar-refractivity contribution < 1.29 is 0 Å². The summed E-state index contributed by atoms with van der Waals surface area (Å²) in [6.45, 7) is 9.31. The van der Waals surface area contributed by atoms with Crippen molar-refractivity contribution in [1.82, 2.24) is 0 Å². The van der Waals surface area contributed by atoms with Gasteiger partial charge in [0.2, 0.25) is 0 Å². The molecule has 0 nitrogen and oxygen atoms in total. The zero-order valence-corrected chi connectivity index (χ0v) is 8.93. The maximum absolute atomic E-state index is 2.52. The lowest BCUT2D eigenvalue weighted by atomic mass is 9.74. The van der Waals surface area contributed by atoms with Crippen molar-refractivity contribution in [3.05, 3.63) is 11.6 Å². The number of hydrogen-bond donors (Lipinski definition) is 0. The molecular formula is C12H22. The molecule has 0 aromatic carbocycles. The molecule has 0 bridgehead atoms. The van der Waals surface area contributed by atoms with Gasteiger partial charge >= 0.3 is 0 Å². The Morgan fingerprint density at radius 1 is 1.50 bits per heavy atom. The van der Waals surface area contributed by atoms with E-state index in [-0.39, 0.29) is 0 Å². The van der Waals surface area contributed by atoms with Crippen molar-refractivity contribution in [2.24, 2.45) is 17.8 Å². The Hall–Kier alpha value is -0.260. The van der Waals surface area contributed by atoms with Crippen LogP contribution in [0.15, 0.2) is 11.6 Å². The Balaban J connectivity index is 2.69. The van der Waals surface area contributed by atoms with Crippen molar-refractivity contribution in [3.8, 4) is 0 Å². The predicted octanol–water partition coefficient (Wildman–Crippen LogP) is 4.02. The monoisotopic (exact) mass is 166 g/mol. The van der Waals surface area contributed by atoms with E-state index in [0.717, 1.165) is 17.8 Å². The van der Waals surface area contributed by atoms with Crippen LogP contribution in [0.4, 0.5) is 0 Å². The first-order valence-corrected chi connectivity index (χ1v) is 5.32. The van der Waals surface area contributed by atoms with Gasteiger partial charge in [-0.05, 0) is 37.5 Å². The van der Waals surface area contributed by atoms with Crippen LogP contribution in [-0.2, 0) is 0 Å². The maximum Gasteiger partial charge on any atom is -0.0179 e. The normalized spacial score (nSPS) is 30.6. The quantitative estimate of drug-likeness (QED) is 0.543. The van der Waals surface area contributed by atoms with Crippen LogP contribution < -0.4 is 0 Å². The molecule has 0 heteroatoms. The molecular weight excluding hydrogens is 144 g/mol. The van der Waals surface area contributed by atoms with E-state index in [0.29, 0.717) is 0 Å². The summed E-state index contributed by atoms with van der Waals surface area (Å²) in [4.78, 5) is 0. The van der Waals surface area contributed by atoms with Gasteiger partial charge < -0.3 is 0 Å². The largest absolute Gasteiger partial charge is 0.0820 e. The molecule has 1 aliphatic rings. The molecule has 0 saturated carbocycles. The lowest BCUT2D eigenvalue weighted by molar-refractivity contribution is 0.272. The lowest BCUT2D eigenvalue weighted by Gasteiger charge is -2.31. The topological polar surface area (TPSA) is 0 Å². The van der Waals surface area contributed by atoms with Crippen molar-refractivity contribution in [2.45, 2.75) is 47.0 Å². The van der Waals surface area contributed by atoms with Gasteiger partial charge in [-0.1, -0.05) is 38.8 Å². The highest BCUT2D eigenvalue weighted by atomic mass is 14.3. The van der Waals surface area contributed by atoms with Crippen LogP contribution in [0.1, 0.15) is 47.0 Å². The van der Waals surface area contributed by atoms with Gasteiger partial charge in [-0.3, -0.25) is 0 Å². The van der Waals surface area contributed by atoms with Gasteiger partial charge in [-0.2, -0.15) is 0 Å². The van der Waals surface area contributed by atoms with E-state index in [1.165, 1.54) is 19.3 Å². The van der Waals surface area contributed by atoms with E-state index in [9.17, 15) is 0 Å². The van der Waals surface area contributed by atoms with Gasteiger partial charge in [0.05, 0.1) is 0 Å². The third-order valence-corrected chi connectivity index (χ3v) is 3.22. The maximum atomic E-state index is 2.52. The van der Waals surface area contributed by atoms with Crippen molar-refractivity contribution in [1.29, 1.82) is 0 Å². The summed E-state index contributed by atoms with van der Waals surface area (Å²) in [6, 6.07) is 0. The first-order chi connectivity index (χ1) is 5.65. The predicted molar refractivity (Wildman–Crippen MR) is 55.1 cm³/mol. The Labute approximate surface area is 77.1 Å². The van der Waals surface area contributed by atoms with E-state index >= 15 is 0 Å². The molecule has 0 aromatic rings. The highest BCUT2D eigenvalue weighted by Crippen LogP contribution is 2.35. The standard InChI is InChI=1S/C12H22/c1-5-11-7-6-10(4)8-12(11)9(2)3/h8-9,11-12H,5-7H2,1-4H3. The average molecular weight is 166 g/mol. The molecule has 2 atom stereocenters. The fourth-order valence-corrected chi connectivity index (χ4v) is 2.37. The minimum absolute atomic E-state index is 0.824. The Kier molecular flexibility index (Phi) is 3.37. The van der Waals surface area contributed by atoms with Crippen LogP contribution in [0.5, 0.6) is 0 Å². The molecule has 0 radical (unpaired) electrons. The van der Waals surface area contributed by atoms with E-state index in [1.54, 1.807) is 5.57 Å². The summed E-state index contributed by atoms with van der Waals surface area (Å²) in [6.07, 6.45) is 6.62. The fourth-order valence-electron chi connectivity index (χ4n) is 2.37. The van der Waals surface area contributed by atoms with Gasteiger partial charge in [-0.25, -0.2) is 0 Å². The molecule has 0 spiro atoms. The van der Waals surface area contributed by atoms with Crippen LogP contribution in [0.3, 0.4) is 0 Å². The number of allylic oxidation sites excluding steroid dienone is 2. The van der Waals surface area contributed by atoms with Gasteiger partial charge in [0.1, 0.15) is 0 Å². The van der Waals surface area contributed by atoms with Crippen LogP contribution in [0.2, 0.25) is 0 Å². The summed E-state index contributed by atoms with van der Waals surface area (Å²) < 4.78 is 0. The highest BCUT2D eigenvalue weighted by molar-refractivity contribution is 5.07. The Bertz CT molecular complexity index is 165. The molecule has 1 rings (SSSR count). The SMILES string of the molecule is CCC1CCC(C)=CC1C(C)C. The number of rotatable bonds is 2. The van der Waals surface area contributed by atoms with Crippen molar-refractivity contribution >= 4 is 0 Å². The first-order valence-electron chi connectivity index (χ1n) is 5.32.